The number of hydrogen-bond donors (Lipinski definition) is 0. The van der Waals surface area contributed by atoms with E-state index in [1.807, 2.05) is 48.0 Å². The lowest BCUT2D eigenvalue weighted by atomic mass is 10.0. The number of allylic oxidation sites excluding steroid dienone is 1. The predicted octanol–water partition coefficient (Wildman–Crippen LogP) is 6.11. The SMILES string of the molecule is Cc1c(F)c(P)c(F)c(-c2cc3sc(C=C4C(=O)c5cc6ccccc6cc5C4=O)cc3n2C)c1P. The van der Waals surface area contributed by atoms with Crippen LogP contribution in [0.4, 0.5) is 8.78 Å². The Bertz CT molecular complexity index is 1760. The highest BCUT2D eigenvalue weighted by atomic mass is 32.1. The van der Waals surface area contributed by atoms with Gasteiger partial charge in [-0.05, 0) is 58.9 Å². The Morgan fingerprint density at radius 2 is 1.50 bits per heavy atom. The van der Waals surface area contributed by atoms with E-state index < -0.39 is 11.6 Å². The van der Waals surface area contributed by atoms with E-state index in [-0.39, 0.29) is 22.4 Å². The van der Waals surface area contributed by atoms with Gasteiger partial charge in [-0.15, -0.1) is 20.6 Å². The molecule has 2 heterocycles. The molecule has 0 radical (unpaired) electrons. The van der Waals surface area contributed by atoms with Crippen molar-refractivity contribution in [1.82, 2.24) is 4.57 Å². The van der Waals surface area contributed by atoms with Crippen LogP contribution in [0.2, 0.25) is 0 Å². The fourth-order valence-corrected chi connectivity index (χ4v) is 6.67. The highest BCUT2D eigenvalue weighted by Gasteiger charge is 2.33. The van der Waals surface area contributed by atoms with Crippen LogP contribution in [0.1, 0.15) is 31.2 Å². The summed E-state index contributed by atoms with van der Waals surface area (Å²) in [7, 11) is 6.42. The minimum Gasteiger partial charge on any atom is -0.343 e. The second-order valence-electron chi connectivity index (χ2n) is 8.90. The fraction of sp³-hybridized carbons (Fsp3) is 0.0714. The van der Waals surface area contributed by atoms with E-state index in [4.69, 9.17) is 0 Å². The highest BCUT2D eigenvalue weighted by Crippen LogP contribution is 2.37. The minimum atomic E-state index is -0.615. The van der Waals surface area contributed by atoms with Gasteiger partial charge in [0.15, 0.2) is 11.6 Å². The third-order valence-electron chi connectivity index (χ3n) is 6.85. The third-order valence-corrected chi connectivity index (χ3v) is 9.10. The monoisotopic (exact) mass is 533 g/mol. The van der Waals surface area contributed by atoms with Crippen molar-refractivity contribution < 1.29 is 18.4 Å². The Labute approximate surface area is 214 Å². The molecule has 1 aliphatic carbocycles. The Hall–Kier alpha value is -3.04. The van der Waals surface area contributed by atoms with Crippen LogP contribution in [-0.2, 0) is 7.05 Å². The minimum absolute atomic E-state index is 0.0887. The van der Waals surface area contributed by atoms with E-state index in [9.17, 15) is 14.0 Å². The first kappa shape index (κ1) is 23.4. The Balaban J connectivity index is 1.43. The number of benzene rings is 3. The Kier molecular flexibility index (Phi) is 5.35. The fourth-order valence-electron chi connectivity index (χ4n) is 4.83. The van der Waals surface area contributed by atoms with Crippen LogP contribution in [0, 0.1) is 18.6 Å². The molecule has 2 aromatic heterocycles. The summed E-state index contributed by atoms with van der Waals surface area (Å²) in [6.45, 7) is 1.63. The van der Waals surface area contributed by atoms with Crippen LogP contribution < -0.4 is 10.6 Å². The maximum Gasteiger partial charge on any atom is 0.197 e. The summed E-state index contributed by atoms with van der Waals surface area (Å²) >= 11 is 1.41. The number of ketones is 2. The highest BCUT2D eigenvalue weighted by molar-refractivity contribution is 7.29. The normalized spacial score (nSPS) is 13.3. The van der Waals surface area contributed by atoms with Gasteiger partial charge < -0.3 is 4.57 Å². The molecule has 0 saturated heterocycles. The van der Waals surface area contributed by atoms with Gasteiger partial charge in [-0.2, -0.15) is 0 Å². The van der Waals surface area contributed by atoms with Crippen molar-refractivity contribution in [2.45, 2.75) is 6.92 Å². The van der Waals surface area contributed by atoms with Gasteiger partial charge in [0.25, 0.3) is 0 Å². The molecule has 0 N–H and O–H groups in total. The molecule has 0 bridgehead atoms. The topological polar surface area (TPSA) is 39.1 Å². The van der Waals surface area contributed by atoms with Crippen molar-refractivity contribution in [3.8, 4) is 11.3 Å². The summed E-state index contributed by atoms with van der Waals surface area (Å²) in [6, 6.07) is 14.9. The molecule has 5 aromatic rings. The standard InChI is InChI=1S/C28H19F2NO2P2S/c1-12-23(29)28(35)24(30)22(27(12)34)20-11-21-19(31(20)2)10-15(36-21)9-18-25(32)16-7-13-5-3-4-6-14(13)8-17(16)26(18)33/h3-11H,34-35H2,1-2H3. The predicted molar refractivity (Wildman–Crippen MR) is 150 cm³/mol. The molecule has 0 fully saturated rings. The molecule has 2 unspecified atom stereocenters. The molecule has 0 aliphatic heterocycles. The maximum absolute atomic E-state index is 15.1. The Morgan fingerprint density at radius 1 is 0.889 bits per heavy atom. The van der Waals surface area contributed by atoms with E-state index in [2.05, 4.69) is 18.5 Å². The number of thiophene rings is 1. The first-order valence-electron chi connectivity index (χ1n) is 11.1. The first-order chi connectivity index (χ1) is 17.2. The second-order valence-corrected chi connectivity index (χ2v) is 11.2. The average molecular weight is 533 g/mol. The number of nitrogens with zero attached hydrogens (tertiary/aromatic N) is 1. The van der Waals surface area contributed by atoms with Gasteiger partial charge in [-0.3, -0.25) is 9.59 Å². The smallest absolute Gasteiger partial charge is 0.197 e. The first-order valence-corrected chi connectivity index (χ1v) is 13.1. The molecule has 178 valence electrons. The number of rotatable bonds is 2. The molecule has 6 rings (SSSR count). The number of aromatic nitrogens is 1. The van der Waals surface area contributed by atoms with Crippen LogP contribution in [0.15, 0.2) is 54.1 Å². The number of Topliss-reactive ketones (excluding diaryl/α,β-unsaturated/α-hetero) is 2. The Morgan fingerprint density at radius 3 is 2.08 bits per heavy atom. The van der Waals surface area contributed by atoms with E-state index in [0.29, 0.717) is 33.3 Å². The van der Waals surface area contributed by atoms with Gasteiger partial charge in [0.1, 0.15) is 11.6 Å². The number of hydrogen-bond acceptors (Lipinski definition) is 3. The van der Waals surface area contributed by atoms with Crippen molar-refractivity contribution in [3.05, 3.63) is 87.3 Å². The maximum atomic E-state index is 15.1. The molecule has 3 nitrogen and oxygen atoms in total. The number of aryl methyl sites for hydroxylation is 1. The largest absolute Gasteiger partial charge is 0.343 e. The van der Waals surface area contributed by atoms with Crippen LogP contribution in [0.3, 0.4) is 0 Å². The lowest BCUT2D eigenvalue weighted by molar-refractivity contribution is 0.0990. The van der Waals surface area contributed by atoms with Gasteiger partial charge in [-0.1, -0.05) is 33.5 Å². The summed E-state index contributed by atoms with van der Waals surface area (Å²) in [5.74, 6) is -1.74. The quantitative estimate of drug-likeness (QED) is 0.156. The second kappa shape index (κ2) is 8.24. The van der Waals surface area contributed by atoms with Crippen molar-refractivity contribution in [2.24, 2.45) is 7.05 Å². The molecule has 8 heteroatoms. The molecule has 0 amide bonds. The number of fused-ring (bicyclic) bond motifs is 3. The lowest BCUT2D eigenvalue weighted by Crippen LogP contribution is -2.19. The summed E-state index contributed by atoms with van der Waals surface area (Å²) in [6.07, 6.45) is 1.64. The lowest BCUT2D eigenvalue weighted by Gasteiger charge is -2.14. The van der Waals surface area contributed by atoms with Gasteiger partial charge >= 0.3 is 0 Å². The summed E-state index contributed by atoms with van der Waals surface area (Å²) in [4.78, 5) is 27.0. The van der Waals surface area contributed by atoms with Crippen LogP contribution in [-0.4, -0.2) is 16.1 Å². The van der Waals surface area contributed by atoms with E-state index in [1.165, 1.54) is 11.3 Å². The number of carbonyl (C=O) groups is 2. The molecule has 1 aliphatic rings. The molecule has 0 saturated carbocycles. The van der Waals surface area contributed by atoms with E-state index >= 15 is 4.39 Å². The van der Waals surface area contributed by atoms with Crippen molar-refractivity contribution in [2.75, 3.05) is 0 Å². The van der Waals surface area contributed by atoms with Crippen molar-refractivity contribution in [3.63, 3.8) is 0 Å². The summed E-state index contributed by atoms with van der Waals surface area (Å²) < 4.78 is 32.2. The summed E-state index contributed by atoms with van der Waals surface area (Å²) in [5, 5.41) is 2.21. The molecule has 36 heavy (non-hydrogen) atoms. The summed E-state index contributed by atoms with van der Waals surface area (Å²) in [5.41, 5.74) is 3.16. The van der Waals surface area contributed by atoms with Gasteiger partial charge in [0.2, 0.25) is 0 Å². The van der Waals surface area contributed by atoms with Crippen LogP contribution >= 0.6 is 29.8 Å². The zero-order chi connectivity index (χ0) is 25.5. The third kappa shape index (κ3) is 3.29. The molecule has 3 aromatic carbocycles. The molecule has 0 spiro atoms. The van der Waals surface area contributed by atoms with Crippen molar-refractivity contribution in [1.29, 1.82) is 0 Å². The van der Waals surface area contributed by atoms with Crippen molar-refractivity contribution >= 4 is 79.1 Å². The van der Waals surface area contributed by atoms with Gasteiger partial charge in [-0.25, -0.2) is 8.78 Å². The van der Waals surface area contributed by atoms with E-state index in [0.717, 1.165) is 25.9 Å². The number of carbonyl (C=O) groups excluding carboxylic acids is 2. The zero-order valence-corrected chi connectivity index (χ0v) is 22.4. The van der Waals surface area contributed by atoms with Gasteiger partial charge in [0.05, 0.1) is 21.5 Å². The zero-order valence-electron chi connectivity index (χ0n) is 19.3. The average Bonchev–Trinajstić information content (AvgIpc) is 3.48. The molecular weight excluding hydrogens is 514 g/mol. The number of halogens is 2. The van der Waals surface area contributed by atoms with Gasteiger partial charge in [0, 0.05) is 33.9 Å². The van der Waals surface area contributed by atoms with E-state index in [1.54, 1.807) is 25.1 Å². The molecular formula is C28H19F2NO2P2S. The van der Waals surface area contributed by atoms with Crippen LogP contribution in [0.25, 0.3) is 38.3 Å². The molecule has 2 atom stereocenters. The van der Waals surface area contributed by atoms with Crippen LogP contribution in [0.5, 0.6) is 0 Å².